The summed E-state index contributed by atoms with van der Waals surface area (Å²) >= 11 is 0. The number of carbonyl (C=O) groups is 1. The van der Waals surface area contributed by atoms with Gasteiger partial charge in [-0.2, -0.15) is 5.10 Å². The van der Waals surface area contributed by atoms with E-state index in [2.05, 4.69) is 15.8 Å². The number of carbonyl (C=O) groups excluding carboxylic acids is 1. The molecule has 2 aromatic rings. The summed E-state index contributed by atoms with van der Waals surface area (Å²) in [4.78, 5) is 21.5. The number of rotatable bonds is 5. The molecule has 0 unspecified atom stereocenters. The Kier molecular flexibility index (Phi) is 5.63. The van der Waals surface area contributed by atoms with Crippen LogP contribution in [0.3, 0.4) is 0 Å². The molecule has 2 aromatic heterocycles. The number of pyridine rings is 1. The Labute approximate surface area is 175 Å². The monoisotopic (exact) mass is 413 g/mol. The summed E-state index contributed by atoms with van der Waals surface area (Å²) in [6.07, 6.45) is 8.76. The third kappa shape index (κ3) is 5.29. The molecule has 2 aliphatic rings. The normalized spacial score (nSPS) is 16.8. The van der Waals surface area contributed by atoms with Crippen molar-refractivity contribution >= 4 is 17.5 Å². The van der Waals surface area contributed by atoms with Crippen molar-refractivity contribution in [1.29, 1.82) is 0 Å². The topological polar surface area (TPSA) is 99.5 Å². The molecular weight excluding hydrogens is 386 g/mol. The Bertz CT molecular complexity index is 943. The van der Waals surface area contributed by atoms with Crippen molar-refractivity contribution in [3.05, 3.63) is 36.4 Å². The molecule has 0 bridgehead atoms. The lowest BCUT2D eigenvalue weighted by Gasteiger charge is -2.19. The molecule has 1 aliphatic heterocycles. The zero-order valence-electron chi connectivity index (χ0n) is 17.5. The number of hydroxylamine groups is 1. The SMILES string of the molecule is CC(C)(C)OC(=O)Nc1cc(Oc2cn(C3CC3)nc2C2=CNOCCC2)ccn1. The average Bonchev–Trinajstić information content (AvgIpc) is 3.47. The molecule has 1 saturated carbocycles. The maximum absolute atomic E-state index is 12.0. The maximum Gasteiger partial charge on any atom is 0.413 e. The molecule has 1 amide bonds. The van der Waals surface area contributed by atoms with Gasteiger partial charge in [-0.1, -0.05) is 0 Å². The van der Waals surface area contributed by atoms with E-state index in [9.17, 15) is 4.79 Å². The van der Waals surface area contributed by atoms with Gasteiger partial charge in [-0.05, 0) is 52.5 Å². The van der Waals surface area contributed by atoms with Crippen molar-refractivity contribution in [2.45, 2.75) is 58.1 Å². The number of nitrogens with one attached hydrogen (secondary N) is 2. The van der Waals surface area contributed by atoms with Gasteiger partial charge in [-0.25, -0.2) is 9.78 Å². The molecular formula is C21H27N5O4. The Morgan fingerprint density at radius 3 is 2.97 bits per heavy atom. The summed E-state index contributed by atoms with van der Waals surface area (Å²) in [7, 11) is 0. The largest absolute Gasteiger partial charge is 0.453 e. The zero-order valence-corrected chi connectivity index (χ0v) is 17.5. The summed E-state index contributed by atoms with van der Waals surface area (Å²) in [5.41, 5.74) is 4.08. The molecule has 9 heteroatoms. The second-order valence-corrected chi connectivity index (χ2v) is 8.40. The standard InChI is InChI=1S/C21H27N5O4/c1-21(2,3)30-20(27)24-18-11-16(8-9-22-18)29-17-13-26(15-6-7-15)25-19(17)14-5-4-10-28-23-12-14/h8-9,11-13,15,23H,4-7,10H2,1-3H3,(H,22,24,27). The van der Waals surface area contributed by atoms with Crippen molar-refractivity contribution in [2.75, 3.05) is 11.9 Å². The quantitative estimate of drug-likeness (QED) is 0.749. The van der Waals surface area contributed by atoms with E-state index >= 15 is 0 Å². The van der Waals surface area contributed by atoms with E-state index in [1.807, 2.05) is 17.1 Å². The molecule has 4 rings (SSSR count). The first-order chi connectivity index (χ1) is 14.4. The van der Waals surface area contributed by atoms with Crippen molar-refractivity contribution in [3.63, 3.8) is 0 Å². The minimum absolute atomic E-state index is 0.349. The van der Waals surface area contributed by atoms with E-state index in [0.717, 1.165) is 37.0 Å². The number of nitrogens with zero attached hydrogens (tertiary/aromatic N) is 3. The molecule has 2 N–H and O–H groups in total. The average molecular weight is 413 g/mol. The summed E-state index contributed by atoms with van der Waals surface area (Å²) in [5.74, 6) is 1.55. The molecule has 160 valence electrons. The van der Waals surface area contributed by atoms with Gasteiger partial charge in [0.15, 0.2) is 5.75 Å². The molecule has 0 saturated heterocycles. The number of allylic oxidation sites excluding steroid dienone is 1. The van der Waals surface area contributed by atoms with Crippen LogP contribution >= 0.6 is 0 Å². The van der Waals surface area contributed by atoms with Gasteiger partial charge >= 0.3 is 6.09 Å². The Hall–Kier alpha value is -3.07. The first-order valence-electron chi connectivity index (χ1n) is 10.2. The zero-order chi connectivity index (χ0) is 21.1. The number of aromatic nitrogens is 3. The van der Waals surface area contributed by atoms with E-state index in [0.29, 0.717) is 30.0 Å². The molecule has 30 heavy (non-hydrogen) atoms. The first-order valence-corrected chi connectivity index (χ1v) is 10.2. The highest BCUT2D eigenvalue weighted by Crippen LogP contribution is 2.39. The lowest BCUT2D eigenvalue weighted by Crippen LogP contribution is -2.27. The third-order valence-electron chi connectivity index (χ3n) is 4.52. The smallest absolute Gasteiger partial charge is 0.413 e. The van der Waals surface area contributed by atoms with Crippen LogP contribution in [0, 0.1) is 0 Å². The fourth-order valence-electron chi connectivity index (χ4n) is 3.04. The maximum atomic E-state index is 12.0. The van der Waals surface area contributed by atoms with Crippen LogP contribution in [0.4, 0.5) is 10.6 Å². The highest BCUT2D eigenvalue weighted by atomic mass is 16.6. The lowest BCUT2D eigenvalue weighted by atomic mass is 10.1. The molecule has 0 radical (unpaired) electrons. The third-order valence-corrected chi connectivity index (χ3v) is 4.52. The summed E-state index contributed by atoms with van der Waals surface area (Å²) < 4.78 is 13.4. The first kappa shape index (κ1) is 20.2. The van der Waals surface area contributed by atoms with Gasteiger partial charge in [-0.3, -0.25) is 20.3 Å². The van der Waals surface area contributed by atoms with E-state index in [1.165, 1.54) is 0 Å². The van der Waals surface area contributed by atoms with Crippen LogP contribution < -0.4 is 15.5 Å². The van der Waals surface area contributed by atoms with Gasteiger partial charge in [0.1, 0.15) is 22.9 Å². The second-order valence-electron chi connectivity index (χ2n) is 8.40. The molecule has 0 spiro atoms. The number of amides is 1. The van der Waals surface area contributed by atoms with Crippen LogP contribution in [0.15, 0.2) is 30.7 Å². The van der Waals surface area contributed by atoms with E-state index in [4.69, 9.17) is 19.4 Å². The van der Waals surface area contributed by atoms with Crippen LogP contribution in [-0.2, 0) is 9.57 Å². The number of anilines is 1. The van der Waals surface area contributed by atoms with E-state index < -0.39 is 11.7 Å². The molecule has 0 aromatic carbocycles. The highest BCUT2D eigenvalue weighted by molar-refractivity contribution is 5.83. The molecule has 1 aliphatic carbocycles. The second kappa shape index (κ2) is 8.35. The van der Waals surface area contributed by atoms with Crippen LogP contribution in [0.2, 0.25) is 0 Å². The van der Waals surface area contributed by atoms with Gasteiger partial charge < -0.3 is 9.47 Å². The molecule has 3 heterocycles. The van der Waals surface area contributed by atoms with Gasteiger partial charge in [0.25, 0.3) is 0 Å². The minimum Gasteiger partial charge on any atom is -0.453 e. The van der Waals surface area contributed by atoms with Crippen molar-refractivity contribution < 1.29 is 19.1 Å². The molecule has 9 nitrogen and oxygen atoms in total. The minimum atomic E-state index is -0.589. The van der Waals surface area contributed by atoms with E-state index in [-0.39, 0.29) is 0 Å². The summed E-state index contributed by atoms with van der Waals surface area (Å²) in [6, 6.07) is 3.82. The van der Waals surface area contributed by atoms with Crippen molar-refractivity contribution in [3.8, 4) is 11.5 Å². The van der Waals surface area contributed by atoms with Crippen LogP contribution in [-0.4, -0.2) is 33.1 Å². The van der Waals surface area contributed by atoms with Crippen molar-refractivity contribution in [2.24, 2.45) is 0 Å². The van der Waals surface area contributed by atoms with Crippen LogP contribution in [0.25, 0.3) is 5.57 Å². The fourth-order valence-corrected chi connectivity index (χ4v) is 3.04. The lowest BCUT2D eigenvalue weighted by molar-refractivity contribution is 0.0635. The predicted molar refractivity (Wildman–Crippen MR) is 111 cm³/mol. The number of hydrogen-bond acceptors (Lipinski definition) is 7. The van der Waals surface area contributed by atoms with Gasteiger partial charge in [0.2, 0.25) is 0 Å². The van der Waals surface area contributed by atoms with Crippen LogP contribution in [0.1, 0.15) is 58.2 Å². The Balaban J connectivity index is 1.54. The number of ether oxygens (including phenoxy) is 2. The summed E-state index contributed by atoms with van der Waals surface area (Å²) in [5, 5.41) is 7.40. The van der Waals surface area contributed by atoms with Gasteiger partial charge in [-0.15, -0.1) is 0 Å². The van der Waals surface area contributed by atoms with Gasteiger partial charge in [0.05, 0.1) is 18.8 Å². The summed E-state index contributed by atoms with van der Waals surface area (Å²) in [6.45, 7) is 6.06. The Morgan fingerprint density at radius 1 is 1.37 bits per heavy atom. The van der Waals surface area contributed by atoms with Gasteiger partial charge in [0, 0.05) is 24.0 Å². The van der Waals surface area contributed by atoms with Crippen LogP contribution in [0.5, 0.6) is 11.5 Å². The highest BCUT2D eigenvalue weighted by Gasteiger charge is 2.27. The molecule has 1 fully saturated rings. The fraction of sp³-hybridized carbons (Fsp3) is 0.476. The Morgan fingerprint density at radius 2 is 2.20 bits per heavy atom. The number of hydrogen-bond donors (Lipinski definition) is 2. The molecule has 0 atom stereocenters. The predicted octanol–water partition coefficient (Wildman–Crippen LogP) is 4.41. The van der Waals surface area contributed by atoms with E-state index in [1.54, 1.807) is 39.1 Å². The van der Waals surface area contributed by atoms with Crippen molar-refractivity contribution in [1.82, 2.24) is 20.2 Å².